The number of hydrogen-bond acceptors (Lipinski definition) is 3. The molecule has 140 valence electrons. The molecule has 4 fully saturated rings. The molecular formula is C21H30N3O2+. The van der Waals surface area contributed by atoms with E-state index in [1.807, 2.05) is 37.5 Å². The summed E-state index contributed by atoms with van der Waals surface area (Å²) in [7, 11) is 1.99. The number of rotatable bonds is 5. The highest BCUT2D eigenvalue weighted by Crippen LogP contribution is 2.51. The van der Waals surface area contributed by atoms with Gasteiger partial charge in [0.1, 0.15) is 5.69 Å². The van der Waals surface area contributed by atoms with E-state index in [4.69, 9.17) is 5.41 Å². The van der Waals surface area contributed by atoms with Gasteiger partial charge in [-0.1, -0.05) is 12.1 Å². The van der Waals surface area contributed by atoms with Gasteiger partial charge in [-0.3, -0.25) is 4.79 Å². The van der Waals surface area contributed by atoms with Crippen LogP contribution < -0.4 is 5.32 Å². The molecule has 2 saturated carbocycles. The second-order valence-electron chi connectivity index (χ2n) is 8.59. The molecule has 2 unspecified atom stereocenters. The lowest BCUT2D eigenvalue weighted by Crippen LogP contribution is -2.73. The fraction of sp³-hybridized carbons (Fsp3) is 0.619. The van der Waals surface area contributed by atoms with Gasteiger partial charge in [0.05, 0.1) is 18.2 Å². The van der Waals surface area contributed by atoms with Gasteiger partial charge in [0.25, 0.3) is 0 Å². The van der Waals surface area contributed by atoms with E-state index in [1.54, 1.807) is 0 Å². The Hall–Kier alpha value is -1.72. The third kappa shape index (κ3) is 2.97. The third-order valence-electron chi connectivity index (χ3n) is 6.69. The van der Waals surface area contributed by atoms with Crippen molar-refractivity contribution in [2.45, 2.75) is 69.6 Å². The van der Waals surface area contributed by atoms with Gasteiger partial charge in [-0.05, 0) is 63.0 Å². The van der Waals surface area contributed by atoms with E-state index in [9.17, 15) is 9.90 Å². The van der Waals surface area contributed by atoms with Crippen LogP contribution in [0, 0.1) is 18.3 Å². The Morgan fingerprint density at radius 3 is 2.58 bits per heavy atom. The standard InChI is InChI=1S/C21H29N3O2/c1-13-4-3-5-18(23-2)20(13)17(22)6-7-19(25)24-15-8-14-9-16(24)12-21(26,10-14)11-15/h3-5,14-16,22-23,26H,6-12H2,1-2H3/p+1. The number of nitrogens with two attached hydrogens (primary N) is 1. The average Bonchev–Trinajstić information content (AvgIpc) is 2.57. The molecule has 1 aromatic carbocycles. The normalized spacial score (nSPS) is 32.1. The molecule has 5 heteroatoms. The second-order valence-corrected chi connectivity index (χ2v) is 8.59. The van der Waals surface area contributed by atoms with Gasteiger partial charge < -0.3 is 20.7 Å². The van der Waals surface area contributed by atoms with E-state index in [-0.39, 0.29) is 18.0 Å². The van der Waals surface area contributed by atoms with Crippen molar-refractivity contribution in [3.05, 3.63) is 29.3 Å². The number of piperidine rings is 2. The Bertz CT molecular complexity index is 729. The van der Waals surface area contributed by atoms with E-state index in [2.05, 4.69) is 4.90 Å². The maximum Gasteiger partial charge on any atom is 0.223 e. The lowest BCUT2D eigenvalue weighted by atomic mass is 9.61. The number of aliphatic hydroxyl groups is 1. The zero-order chi connectivity index (χ0) is 18.5. The molecule has 2 aliphatic carbocycles. The predicted molar refractivity (Wildman–Crippen MR) is 101 cm³/mol. The highest BCUT2D eigenvalue weighted by atomic mass is 16.3. The van der Waals surface area contributed by atoms with Crippen molar-refractivity contribution < 1.29 is 15.2 Å². The second kappa shape index (κ2) is 6.46. The van der Waals surface area contributed by atoms with Gasteiger partial charge in [-0.2, -0.15) is 0 Å². The summed E-state index contributed by atoms with van der Waals surface area (Å²) < 4.78 is 0. The summed E-state index contributed by atoms with van der Waals surface area (Å²) in [5.41, 5.74) is 3.16. The van der Waals surface area contributed by atoms with Gasteiger partial charge in [0, 0.05) is 24.2 Å². The maximum absolute atomic E-state index is 13.0. The van der Waals surface area contributed by atoms with Crippen molar-refractivity contribution in [2.75, 3.05) is 7.05 Å². The van der Waals surface area contributed by atoms with Crippen LogP contribution in [-0.2, 0) is 4.79 Å². The van der Waals surface area contributed by atoms with Crippen molar-refractivity contribution in [2.24, 2.45) is 5.92 Å². The lowest BCUT2D eigenvalue weighted by Gasteiger charge is -2.59. The fourth-order valence-corrected chi connectivity index (χ4v) is 5.82. The van der Waals surface area contributed by atoms with Gasteiger partial charge in [-0.15, -0.1) is 0 Å². The quantitative estimate of drug-likeness (QED) is 0.556. The molecule has 4 aliphatic rings. The Morgan fingerprint density at radius 1 is 1.27 bits per heavy atom. The molecule has 1 amide bonds. The smallest absolute Gasteiger partial charge is 0.223 e. The van der Waals surface area contributed by atoms with Crippen LogP contribution in [0.2, 0.25) is 0 Å². The highest BCUT2D eigenvalue weighted by Gasteiger charge is 2.54. The van der Waals surface area contributed by atoms with Crippen LogP contribution in [0.5, 0.6) is 0 Å². The van der Waals surface area contributed by atoms with Gasteiger partial charge in [0.2, 0.25) is 5.91 Å². The molecule has 2 heterocycles. The summed E-state index contributed by atoms with van der Waals surface area (Å²) in [5, 5.41) is 21.2. The van der Waals surface area contributed by atoms with Crippen LogP contribution in [0.15, 0.2) is 18.2 Å². The summed E-state index contributed by atoms with van der Waals surface area (Å²) >= 11 is 0. The number of hydrogen-bond donors (Lipinski definition) is 3. The zero-order valence-corrected chi connectivity index (χ0v) is 15.8. The van der Waals surface area contributed by atoms with E-state index < -0.39 is 5.60 Å². The number of nitrogens with one attached hydrogen (secondary N) is 1. The van der Waals surface area contributed by atoms with Crippen LogP contribution in [0.4, 0.5) is 5.69 Å². The minimum absolute atomic E-state index is 0.169. The maximum atomic E-state index is 13.0. The number of quaternary nitrogens is 1. The van der Waals surface area contributed by atoms with Crippen LogP contribution >= 0.6 is 0 Å². The molecule has 2 atom stereocenters. The molecule has 4 N–H and O–H groups in total. The van der Waals surface area contributed by atoms with E-state index >= 15 is 0 Å². The van der Waals surface area contributed by atoms with Crippen molar-refractivity contribution in [3.63, 3.8) is 0 Å². The SMILES string of the molecule is C[NH2+]c1cccc(C)c1C(=N)CCC(=O)N1C2CC3CC1CC(O)(C3)C2. The number of carbonyl (C=O) groups excluding carboxylic acids is 1. The molecular weight excluding hydrogens is 326 g/mol. The first kappa shape index (κ1) is 17.7. The molecule has 0 radical (unpaired) electrons. The number of aryl methyl sites for hydroxylation is 1. The van der Waals surface area contributed by atoms with Crippen molar-refractivity contribution in [1.29, 1.82) is 5.41 Å². The van der Waals surface area contributed by atoms with Crippen LogP contribution in [0.1, 0.15) is 56.1 Å². The van der Waals surface area contributed by atoms with Crippen LogP contribution in [0.25, 0.3) is 0 Å². The highest BCUT2D eigenvalue weighted by molar-refractivity contribution is 6.04. The Labute approximate surface area is 155 Å². The summed E-state index contributed by atoms with van der Waals surface area (Å²) in [6.45, 7) is 2.03. The first-order chi connectivity index (χ1) is 12.4. The van der Waals surface area contributed by atoms with Crippen molar-refractivity contribution in [1.82, 2.24) is 4.90 Å². The van der Waals surface area contributed by atoms with Crippen LogP contribution in [-0.4, -0.2) is 46.4 Å². The molecule has 26 heavy (non-hydrogen) atoms. The molecule has 1 aromatic rings. The fourth-order valence-electron chi connectivity index (χ4n) is 5.82. The van der Waals surface area contributed by atoms with E-state index in [0.717, 1.165) is 48.9 Å². The van der Waals surface area contributed by atoms with E-state index in [1.165, 1.54) is 0 Å². The van der Waals surface area contributed by atoms with Gasteiger partial charge in [-0.25, -0.2) is 0 Å². The number of amides is 1. The molecule has 0 spiro atoms. The third-order valence-corrected chi connectivity index (χ3v) is 6.69. The minimum Gasteiger partial charge on any atom is -0.390 e. The summed E-state index contributed by atoms with van der Waals surface area (Å²) in [6, 6.07) is 6.50. The Morgan fingerprint density at radius 2 is 1.96 bits per heavy atom. The van der Waals surface area contributed by atoms with Crippen LogP contribution in [0.3, 0.4) is 0 Å². The molecule has 2 aliphatic heterocycles. The molecule has 0 aromatic heterocycles. The zero-order valence-electron chi connectivity index (χ0n) is 15.8. The first-order valence-electron chi connectivity index (χ1n) is 9.90. The largest absolute Gasteiger partial charge is 0.390 e. The average molecular weight is 356 g/mol. The Balaban J connectivity index is 1.43. The summed E-state index contributed by atoms with van der Waals surface area (Å²) in [6.07, 6.45) is 5.39. The molecule has 4 bridgehead atoms. The summed E-state index contributed by atoms with van der Waals surface area (Å²) in [4.78, 5) is 15.0. The topological polar surface area (TPSA) is 81.0 Å². The molecule has 2 saturated heterocycles. The van der Waals surface area contributed by atoms with Gasteiger partial charge in [0.15, 0.2) is 0 Å². The number of benzene rings is 1. The molecule has 5 rings (SSSR count). The summed E-state index contributed by atoms with van der Waals surface area (Å²) in [5.74, 6) is 0.761. The van der Waals surface area contributed by atoms with E-state index in [0.29, 0.717) is 24.5 Å². The Kier molecular flexibility index (Phi) is 4.40. The first-order valence-corrected chi connectivity index (χ1v) is 9.90. The number of carbonyl (C=O) groups is 1. The monoisotopic (exact) mass is 356 g/mol. The van der Waals surface area contributed by atoms with Crippen molar-refractivity contribution in [3.8, 4) is 0 Å². The van der Waals surface area contributed by atoms with Gasteiger partial charge >= 0.3 is 0 Å². The minimum atomic E-state index is -0.521. The predicted octanol–water partition coefficient (Wildman–Crippen LogP) is 1.87. The lowest BCUT2D eigenvalue weighted by molar-refractivity contribution is -0.539. The molecule has 5 nitrogen and oxygen atoms in total. The van der Waals surface area contributed by atoms with Crippen molar-refractivity contribution >= 4 is 17.3 Å². The number of nitrogens with zero attached hydrogens (tertiary/aromatic N) is 1.